The van der Waals surface area contributed by atoms with Gasteiger partial charge in [-0.2, -0.15) is 0 Å². The van der Waals surface area contributed by atoms with E-state index in [-0.39, 0.29) is 12.4 Å². The molecule has 0 saturated carbocycles. The molecule has 0 unspecified atom stereocenters. The van der Waals surface area contributed by atoms with Crippen LogP contribution in [0.5, 0.6) is 0 Å². The first kappa shape index (κ1) is 17.4. The van der Waals surface area contributed by atoms with Crippen LogP contribution in [-0.4, -0.2) is 23.9 Å². The summed E-state index contributed by atoms with van der Waals surface area (Å²) in [5.41, 5.74) is 0.524. The number of nitrogens with one attached hydrogen (secondary N) is 1. The molecular weight excluding hydrogens is 334 g/mol. The third-order valence-electron chi connectivity index (χ3n) is 2.89. The van der Waals surface area contributed by atoms with Crippen LogP contribution in [0.3, 0.4) is 0 Å². The number of carbonyl (C=O) groups excluding carboxylic acids is 2. The van der Waals surface area contributed by atoms with Gasteiger partial charge in [-0.05, 0) is 31.2 Å². The average molecular weight is 350 g/mol. The van der Waals surface area contributed by atoms with Crippen molar-refractivity contribution < 1.29 is 14.3 Å². The number of benzene rings is 2. The molecule has 1 N–H and O–H groups in total. The number of Topliss-reactive ketones (excluding diaryl/α,β-unsaturated/α-hetero) is 1. The van der Waals surface area contributed by atoms with Gasteiger partial charge in [-0.25, -0.2) is 4.79 Å². The first-order valence-corrected chi connectivity index (χ1v) is 8.30. The largest absolute Gasteiger partial charge is 0.450 e. The number of hydrogen-bond acceptors (Lipinski definition) is 4. The Labute approximate surface area is 144 Å². The summed E-state index contributed by atoms with van der Waals surface area (Å²) in [6.07, 6.45) is -0.622. The van der Waals surface area contributed by atoms with Gasteiger partial charge in [-0.15, -0.1) is 0 Å². The number of rotatable bonds is 6. The highest BCUT2D eigenvalue weighted by atomic mass is 35.5. The van der Waals surface area contributed by atoms with Crippen LogP contribution in [0, 0.1) is 0 Å². The summed E-state index contributed by atoms with van der Waals surface area (Å²) in [6, 6.07) is 15.9. The number of thioether (sulfide) groups is 1. The van der Waals surface area contributed by atoms with Crippen molar-refractivity contribution in [2.45, 2.75) is 17.2 Å². The number of carbonyl (C=O) groups is 2. The minimum Gasteiger partial charge on any atom is -0.450 e. The molecule has 0 aliphatic rings. The molecule has 23 heavy (non-hydrogen) atoms. The zero-order valence-electron chi connectivity index (χ0n) is 12.5. The first-order chi connectivity index (χ1) is 11.1. The highest BCUT2D eigenvalue weighted by Gasteiger charge is 2.23. The summed E-state index contributed by atoms with van der Waals surface area (Å²) in [7, 11) is 0. The van der Waals surface area contributed by atoms with Crippen molar-refractivity contribution in [2.75, 3.05) is 6.61 Å². The zero-order chi connectivity index (χ0) is 16.7. The Morgan fingerprint density at radius 1 is 1.13 bits per heavy atom. The molecule has 2 aromatic carbocycles. The maximum Gasteiger partial charge on any atom is 0.408 e. The quantitative estimate of drug-likeness (QED) is 0.477. The number of ether oxygens (including phenoxy) is 1. The van der Waals surface area contributed by atoms with Gasteiger partial charge in [0.05, 0.1) is 6.61 Å². The molecule has 4 nitrogen and oxygen atoms in total. The number of ketones is 1. The van der Waals surface area contributed by atoms with Crippen molar-refractivity contribution in [1.29, 1.82) is 0 Å². The smallest absolute Gasteiger partial charge is 0.408 e. The van der Waals surface area contributed by atoms with Crippen LogP contribution < -0.4 is 5.32 Å². The van der Waals surface area contributed by atoms with Crippen molar-refractivity contribution in [3.63, 3.8) is 0 Å². The molecule has 0 saturated heterocycles. The molecule has 0 aromatic heterocycles. The number of halogens is 1. The standard InChI is InChI=1S/C17H16ClNO3S/c1-2-22-17(21)19-16(15(20)12-6-4-3-5-7-12)23-14-10-8-13(18)9-11-14/h3-11,16H,2H2,1H3,(H,19,21)/t16-/m1/s1. The number of alkyl carbamates (subject to hydrolysis) is 1. The van der Waals surface area contributed by atoms with Crippen molar-refractivity contribution >= 4 is 35.2 Å². The molecular formula is C17H16ClNO3S. The SMILES string of the molecule is CCOC(=O)N[C@H](Sc1ccc(Cl)cc1)C(=O)c1ccccc1. The normalized spacial score (nSPS) is 11.6. The number of amides is 1. The summed E-state index contributed by atoms with van der Waals surface area (Å²) in [5.74, 6) is -0.196. The van der Waals surface area contributed by atoms with Gasteiger partial charge >= 0.3 is 6.09 Å². The van der Waals surface area contributed by atoms with Crippen LogP contribution in [0.4, 0.5) is 4.79 Å². The topological polar surface area (TPSA) is 55.4 Å². The predicted molar refractivity (Wildman–Crippen MR) is 92.0 cm³/mol. The van der Waals surface area contributed by atoms with Crippen molar-refractivity contribution in [2.24, 2.45) is 0 Å². The van der Waals surface area contributed by atoms with Gasteiger partial charge in [0.2, 0.25) is 0 Å². The lowest BCUT2D eigenvalue weighted by Crippen LogP contribution is -2.38. The molecule has 1 amide bonds. The third-order valence-corrected chi connectivity index (χ3v) is 4.25. The molecule has 0 radical (unpaired) electrons. The van der Waals surface area contributed by atoms with E-state index in [1.165, 1.54) is 11.8 Å². The van der Waals surface area contributed by atoms with Crippen LogP contribution >= 0.6 is 23.4 Å². The van der Waals surface area contributed by atoms with E-state index in [1.807, 2.05) is 6.07 Å². The molecule has 6 heteroatoms. The summed E-state index contributed by atoms with van der Waals surface area (Å²) in [6.45, 7) is 1.95. The van der Waals surface area contributed by atoms with E-state index >= 15 is 0 Å². The maximum atomic E-state index is 12.6. The van der Waals surface area contributed by atoms with Crippen molar-refractivity contribution in [3.05, 3.63) is 65.2 Å². The lowest BCUT2D eigenvalue weighted by Gasteiger charge is -2.17. The molecule has 2 aromatic rings. The second-order valence-electron chi connectivity index (χ2n) is 4.55. The second-order valence-corrected chi connectivity index (χ2v) is 6.16. The van der Waals surface area contributed by atoms with Gasteiger partial charge in [0.25, 0.3) is 0 Å². The van der Waals surface area contributed by atoms with E-state index in [0.717, 1.165) is 4.90 Å². The van der Waals surface area contributed by atoms with Gasteiger partial charge in [0.1, 0.15) is 5.37 Å². The lowest BCUT2D eigenvalue weighted by atomic mass is 10.1. The van der Waals surface area contributed by atoms with Crippen molar-refractivity contribution in [3.8, 4) is 0 Å². The first-order valence-electron chi connectivity index (χ1n) is 7.05. The summed E-state index contributed by atoms with van der Waals surface area (Å²) in [5, 5.41) is 2.43. The van der Waals surface area contributed by atoms with Gasteiger partial charge in [0.15, 0.2) is 5.78 Å². The second kappa shape index (κ2) is 8.60. The van der Waals surface area contributed by atoms with Crippen LogP contribution in [-0.2, 0) is 4.74 Å². The molecule has 0 aliphatic heterocycles. The Balaban J connectivity index is 2.18. The van der Waals surface area contributed by atoms with Crippen LogP contribution in [0.1, 0.15) is 17.3 Å². The van der Waals surface area contributed by atoms with E-state index in [9.17, 15) is 9.59 Å². The summed E-state index contributed by atoms with van der Waals surface area (Å²) < 4.78 is 4.88. The van der Waals surface area contributed by atoms with E-state index in [0.29, 0.717) is 10.6 Å². The molecule has 0 aliphatic carbocycles. The minimum absolute atomic E-state index is 0.196. The third kappa shape index (κ3) is 5.30. The molecule has 0 heterocycles. The Bertz CT molecular complexity index is 661. The van der Waals surface area contributed by atoms with Gasteiger partial charge < -0.3 is 10.1 Å². The zero-order valence-corrected chi connectivity index (χ0v) is 14.1. The fourth-order valence-electron chi connectivity index (χ4n) is 1.83. The highest BCUT2D eigenvalue weighted by Crippen LogP contribution is 2.26. The molecule has 1 atom stereocenters. The Morgan fingerprint density at radius 3 is 2.39 bits per heavy atom. The van der Waals surface area contributed by atoms with E-state index in [4.69, 9.17) is 16.3 Å². The van der Waals surface area contributed by atoms with Crippen molar-refractivity contribution in [1.82, 2.24) is 5.32 Å². The van der Waals surface area contributed by atoms with Crippen LogP contribution in [0.25, 0.3) is 0 Å². The van der Waals surface area contributed by atoms with E-state index < -0.39 is 11.5 Å². The molecule has 2 rings (SSSR count). The Kier molecular flexibility index (Phi) is 6.50. The molecule has 0 spiro atoms. The molecule has 120 valence electrons. The van der Waals surface area contributed by atoms with Gasteiger partial charge in [-0.1, -0.05) is 53.7 Å². The Morgan fingerprint density at radius 2 is 1.78 bits per heavy atom. The lowest BCUT2D eigenvalue weighted by molar-refractivity contribution is 0.0964. The molecule has 0 fully saturated rings. The summed E-state index contributed by atoms with van der Waals surface area (Å²) in [4.78, 5) is 25.2. The highest BCUT2D eigenvalue weighted by molar-refractivity contribution is 8.00. The Hall–Kier alpha value is -1.98. The fraction of sp³-hybridized carbons (Fsp3) is 0.176. The van der Waals surface area contributed by atoms with Gasteiger partial charge in [0, 0.05) is 15.5 Å². The monoisotopic (exact) mass is 349 g/mol. The van der Waals surface area contributed by atoms with Crippen LogP contribution in [0.15, 0.2) is 59.5 Å². The average Bonchev–Trinajstić information content (AvgIpc) is 2.56. The van der Waals surface area contributed by atoms with Gasteiger partial charge in [-0.3, -0.25) is 4.79 Å². The minimum atomic E-state index is -0.780. The number of hydrogen-bond donors (Lipinski definition) is 1. The van der Waals surface area contributed by atoms with E-state index in [2.05, 4.69) is 5.32 Å². The summed E-state index contributed by atoms with van der Waals surface area (Å²) >= 11 is 7.10. The molecule has 0 bridgehead atoms. The fourth-order valence-corrected chi connectivity index (χ4v) is 2.92. The van der Waals surface area contributed by atoms with E-state index in [1.54, 1.807) is 55.5 Å². The van der Waals surface area contributed by atoms with Crippen LogP contribution in [0.2, 0.25) is 5.02 Å². The predicted octanol–water partition coefficient (Wildman–Crippen LogP) is 4.39. The maximum absolute atomic E-state index is 12.6.